The van der Waals surface area contributed by atoms with E-state index in [1.165, 1.54) is 12.1 Å². The Labute approximate surface area is 215 Å². The fraction of sp³-hybridized carbons (Fsp3) is 0.643. The lowest BCUT2D eigenvalue weighted by atomic mass is 9.78. The van der Waals surface area contributed by atoms with E-state index in [-0.39, 0.29) is 28.9 Å². The summed E-state index contributed by atoms with van der Waals surface area (Å²) in [7, 11) is 0. The van der Waals surface area contributed by atoms with Gasteiger partial charge < -0.3 is 20.8 Å². The summed E-state index contributed by atoms with van der Waals surface area (Å²) in [5.41, 5.74) is 0.258. The van der Waals surface area contributed by atoms with E-state index in [2.05, 4.69) is 38.3 Å². The van der Waals surface area contributed by atoms with Crippen molar-refractivity contribution in [1.29, 1.82) is 0 Å². The first-order valence-corrected chi connectivity index (χ1v) is 13.2. The second-order valence-electron chi connectivity index (χ2n) is 10.3. The van der Waals surface area contributed by atoms with Crippen LogP contribution >= 0.6 is 0 Å². The lowest BCUT2D eigenvalue weighted by Crippen LogP contribution is -2.40. The molecule has 8 heteroatoms. The first kappa shape index (κ1) is 31.1. The molecule has 2 atom stereocenters. The fourth-order valence-electron chi connectivity index (χ4n) is 4.27. The Kier molecular flexibility index (Phi) is 14.5. The number of hydrogen-bond donors (Lipinski definition) is 4. The number of carboxylic acids is 2. The van der Waals surface area contributed by atoms with Gasteiger partial charge >= 0.3 is 11.9 Å². The van der Waals surface area contributed by atoms with Crippen LogP contribution in [0.4, 0.5) is 0 Å². The number of carboxylic acid groups (broad SMARTS) is 2. The van der Waals surface area contributed by atoms with Gasteiger partial charge in [0.05, 0.1) is 23.0 Å². The molecule has 0 radical (unpaired) electrons. The average molecular weight is 505 g/mol. The predicted octanol–water partition coefficient (Wildman–Crippen LogP) is 4.98. The third-order valence-electron chi connectivity index (χ3n) is 6.32. The highest BCUT2D eigenvalue weighted by Crippen LogP contribution is 2.30. The molecular formula is C28H44N2O6. The van der Waals surface area contributed by atoms with E-state index in [1.54, 1.807) is 12.1 Å². The maximum absolute atomic E-state index is 12.0. The smallest absolute Gasteiger partial charge is 0.336 e. The molecule has 1 aliphatic carbocycles. The molecule has 1 aliphatic rings. The number of aliphatic carboxylic acids is 1. The number of nitrogens with one attached hydrogen (secondary N) is 2. The molecule has 2 amide bonds. The van der Waals surface area contributed by atoms with Crippen LogP contribution in [-0.4, -0.2) is 47.1 Å². The van der Waals surface area contributed by atoms with Crippen LogP contribution in [-0.2, 0) is 9.59 Å². The highest BCUT2D eigenvalue weighted by atomic mass is 16.4. The maximum Gasteiger partial charge on any atom is 0.336 e. The molecule has 36 heavy (non-hydrogen) atoms. The Balaban J connectivity index is 0.000000360. The Hall–Kier alpha value is -2.90. The number of benzene rings is 1. The Morgan fingerprint density at radius 1 is 0.806 bits per heavy atom. The molecule has 0 aliphatic heterocycles. The zero-order chi connectivity index (χ0) is 27.1. The fourth-order valence-corrected chi connectivity index (χ4v) is 4.27. The van der Waals surface area contributed by atoms with E-state index in [0.717, 1.165) is 38.5 Å². The third kappa shape index (κ3) is 11.7. The number of amides is 2. The molecule has 1 aromatic carbocycles. The predicted molar refractivity (Wildman–Crippen MR) is 140 cm³/mol. The molecular weight excluding hydrogens is 460 g/mol. The number of carbonyl (C=O) groups excluding carboxylic acids is 2. The second kappa shape index (κ2) is 16.7. The number of hydrogen-bond acceptors (Lipinski definition) is 4. The molecule has 0 spiro atoms. The van der Waals surface area contributed by atoms with Crippen LogP contribution in [0.15, 0.2) is 24.3 Å². The van der Waals surface area contributed by atoms with Crippen molar-refractivity contribution >= 4 is 23.8 Å². The van der Waals surface area contributed by atoms with Crippen LogP contribution < -0.4 is 10.6 Å². The van der Waals surface area contributed by atoms with Gasteiger partial charge in [0.2, 0.25) is 5.91 Å². The minimum atomic E-state index is -1.08. The van der Waals surface area contributed by atoms with Crippen LogP contribution in [0.25, 0.3) is 0 Å². The molecule has 2 rings (SSSR count). The van der Waals surface area contributed by atoms with Gasteiger partial charge in [-0.1, -0.05) is 52.7 Å². The van der Waals surface area contributed by atoms with Gasteiger partial charge in [0, 0.05) is 13.1 Å². The highest BCUT2D eigenvalue weighted by molar-refractivity contribution is 6.04. The first-order valence-electron chi connectivity index (χ1n) is 13.2. The minimum Gasteiger partial charge on any atom is -0.481 e. The van der Waals surface area contributed by atoms with Gasteiger partial charge in [-0.25, -0.2) is 4.79 Å². The maximum atomic E-state index is 12.0. The monoisotopic (exact) mass is 504 g/mol. The molecule has 4 N–H and O–H groups in total. The third-order valence-corrected chi connectivity index (χ3v) is 6.32. The summed E-state index contributed by atoms with van der Waals surface area (Å²) in [6, 6.07) is 6.24. The highest BCUT2D eigenvalue weighted by Gasteiger charge is 2.35. The molecule has 1 saturated carbocycles. The van der Waals surface area contributed by atoms with E-state index in [1.807, 2.05) is 0 Å². The van der Waals surface area contributed by atoms with Gasteiger partial charge in [-0.05, 0) is 62.5 Å². The van der Waals surface area contributed by atoms with Gasteiger partial charge in [-0.2, -0.15) is 0 Å². The number of rotatable bonds is 12. The van der Waals surface area contributed by atoms with Crippen molar-refractivity contribution in [2.75, 3.05) is 13.1 Å². The summed E-state index contributed by atoms with van der Waals surface area (Å²) in [6.45, 7) is 9.81. The van der Waals surface area contributed by atoms with E-state index >= 15 is 0 Å². The summed E-state index contributed by atoms with van der Waals surface area (Å²) in [4.78, 5) is 45.9. The van der Waals surface area contributed by atoms with Crippen LogP contribution in [0.1, 0.15) is 99.8 Å². The zero-order valence-corrected chi connectivity index (χ0v) is 22.2. The molecule has 1 fully saturated rings. The van der Waals surface area contributed by atoms with Gasteiger partial charge in [-0.15, -0.1) is 0 Å². The van der Waals surface area contributed by atoms with E-state index in [4.69, 9.17) is 10.2 Å². The van der Waals surface area contributed by atoms with Crippen molar-refractivity contribution < 1.29 is 29.4 Å². The molecule has 0 aromatic heterocycles. The quantitative estimate of drug-likeness (QED) is 0.297. The van der Waals surface area contributed by atoms with Crippen molar-refractivity contribution in [3.63, 3.8) is 0 Å². The van der Waals surface area contributed by atoms with Crippen molar-refractivity contribution in [2.45, 2.75) is 79.1 Å². The van der Waals surface area contributed by atoms with Crippen molar-refractivity contribution in [3.8, 4) is 0 Å². The van der Waals surface area contributed by atoms with E-state index in [0.29, 0.717) is 37.8 Å². The van der Waals surface area contributed by atoms with Crippen molar-refractivity contribution in [2.24, 2.45) is 23.7 Å². The molecule has 8 nitrogen and oxygen atoms in total. The van der Waals surface area contributed by atoms with Crippen LogP contribution in [0, 0.1) is 23.7 Å². The molecule has 202 valence electrons. The van der Waals surface area contributed by atoms with Crippen molar-refractivity contribution in [3.05, 3.63) is 35.4 Å². The Bertz CT molecular complexity index is 852. The first-order chi connectivity index (χ1) is 17.0. The van der Waals surface area contributed by atoms with Crippen LogP contribution in [0.2, 0.25) is 0 Å². The lowest BCUT2D eigenvalue weighted by Gasteiger charge is -2.27. The number of aromatic carboxylic acids is 1. The zero-order valence-electron chi connectivity index (χ0n) is 22.2. The minimum absolute atomic E-state index is 0.0406. The van der Waals surface area contributed by atoms with E-state index in [9.17, 15) is 19.2 Å². The summed E-state index contributed by atoms with van der Waals surface area (Å²) < 4.78 is 0. The lowest BCUT2D eigenvalue weighted by molar-refractivity contribution is -0.148. The number of carbonyl (C=O) groups is 4. The summed E-state index contributed by atoms with van der Waals surface area (Å²) in [5.74, 6) is -1.85. The van der Waals surface area contributed by atoms with Gasteiger partial charge in [0.1, 0.15) is 0 Å². The van der Waals surface area contributed by atoms with Crippen LogP contribution in [0.3, 0.4) is 0 Å². The standard InChI is InChI=1S/C14H25NO3.C14H19NO3/c2*1-10(2)6-5-9-15-13(16)11-7-3-4-8-12(11)14(17)18/h10-12H,3-9H2,1-2H3,(H,15,16)(H,17,18);3-4,7-8,10H,5-6,9H2,1-2H3,(H,15,16)(H,17,18). The van der Waals surface area contributed by atoms with E-state index < -0.39 is 17.9 Å². The van der Waals surface area contributed by atoms with Crippen molar-refractivity contribution in [1.82, 2.24) is 10.6 Å². The molecule has 0 bridgehead atoms. The topological polar surface area (TPSA) is 133 Å². The SMILES string of the molecule is CC(C)CCCNC(=O)C1CCCCC1C(=O)O.CC(C)CCCNC(=O)c1ccccc1C(=O)O. The van der Waals surface area contributed by atoms with Gasteiger partial charge in [0.15, 0.2) is 0 Å². The second-order valence-corrected chi connectivity index (χ2v) is 10.3. The normalized spacial score (nSPS) is 17.2. The largest absolute Gasteiger partial charge is 0.481 e. The summed E-state index contributed by atoms with van der Waals surface area (Å²) in [5, 5.41) is 23.7. The molecule has 2 unspecified atom stereocenters. The van der Waals surface area contributed by atoms with Gasteiger partial charge in [-0.3, -0.25) is 14.4 Å². The molecule has 0 saturated heterocycles. The van der Waals surface area contributed by atoms with Crippen LogP contribution in [0.5, 0.6) is 0 Å². The summed E-state index contributed by atoms with van der Waals surface area (Å²) in [6.07, 6.45) is 7.25. The molecule has 0 heterocycles. The van der Waals surface area contributed by atoms with Gasteiger partial charge in [0.25, 0.3) is 5.91 Å². The molecule has 1 aromatic rings. The Morgan fingerprint density at radius 3 is 1.81 bits per heavy atom. The summed E-state index contributed by atoms with van der Waals surface area (Å²) >= 11 is 0. The average Bonchev–Trinajstić information content (AvgIpc) is 2.84. The Morgan fingerprint density at radius 2 is 1.31 bits per heavy atom.